The molecule has 1 heteroatoms. The molecule has 1 saturated carbocycles. The first-order chi connectivity index (χ1) is 9.86. The van der Waals surface area contributed by atoms with Crippen LogP contribution in [0.5, 0.6) is 5.75 Å². The van der Waals surface area contributed by atoms with Gasteiger partial charge >= 0.3 is 0 Å². The maximum atomic E-state index is 5.38. The van der Waals surface area contributed by atoms with Crippen molar-refractivity contribution in [1.29, 1.82) is 0 Å². The average molecular weight is 268 g/mol. The van der Waals surface area contributed by atoms with Crippen LogP contribution in [0.4, 0.5) is 0 Å². The van der Waals surface area contributed by atoms with Gasteiger partial charge in [0.2, 0.25) is 0 Å². The average Bonchev–Trinajstić information content (AvgIpc) is 2.53. The minimum atomic E-state index is 0.843. The first-order valence-electron chi connectivity index (χ1n) is 8.24. The van der Waals surface area contributed by atoms with Crippen LogP contribution < -0.4 is 4.74 Å². The summed E-state index contributed by atoms with van der Waals surface area (Å²) in [5, 5.41) is 0. The maximum absolute atomic E-state index is 5.38. The zero-order chi connectivity index (χ0) is 13.5. The van der Waals surface area contributed by atoms with Gasteiger partial charge < -0.3 is 4.74 Å². The molecule has 4 rings (SSSR count). The number of allylic oxidation sites excluding steroid dienone is 2. The number of ether oxygens (including phenoxy) is 1. The highest BCUT2D eigenvalue weighted by molar-refractivity contribution is 5.73. The van der Waals surface area contributed by atoms with E-state index >= 15 is 0 Å². The summed E-state index contributed by atoms with van der Waals surface area (Å²) in [5.41, 5.74) is 4.68. The topological polar surface area (TPSA) is 9.23 Å². The van der Waals surface area contributed by atoms with Crippen LogP contribution in [-0.4, -0.2) is 7.11 Å². The van der Waals surface area contributed by atoms with Crippen molar-refractivity contribution >= 4 is 5.57 Å². The number of rotatable bonds is 1. The van der Waals surface area contributed by atoms with Crippen molar-refractivity contribution in [1.82, 2.24) is 0 Å². The second-order valence-electron chi connectivity index (χ2n) is 6.77. The Hall–Kier alpha value is -1.24. The van der Waals surface area contributed by atoms with Gasteiger partial charge in [0.05, 0.1) is 7.11 Å². The fraction of sp³-hybridized carbons (Fsp3) is 0.579. The monoisotopic (exact) mass is 268 g/mol. The van der Waals surface area contributed by atoms with Crippen molar-refractivity contribution < 1.29 is 4.74 Å². The van der Waals surface area contributed by atoms with Gasteiger partial charge in [0, 0.05) is 0 Å². The van der Waals surface area contributed by atoms with Gasteiger partial charge in [0.1, 0.15) is 5.75 Å². The maximum Gasteiger partial charge on any atom is 0.119 e. The summed E-state index contributed by atoms with van der Waals surface area (Å²) >= 11 is 0. The Morgan fingerprint density at radius 2 is 2.00 bits per heavy atom. The molecule has 1 aromatic carbocycles. The highest BCUT2D eigenvalue weighted by atomic mass is 16.5. The van der Waals surface area contributed by atoms with E-state index < -0.39 is 0 Å². The first-order valence-corrected chi connectivity index (χ1v) is 8.24. The largest absolute Gasteiger partial charge is 0.497 e. The van der Waals surface area contributed by atoms with Gasteiger partial charge in [-0.3, -0.25) is 0 Å². The lowest BCUT2D eigenvalue weighted by molar-refractivity contribution is 0.174. The van der Waals surface area contributed by atoms with Gasteiger partial charge in [0.25, 0.3) is 0 Å². The van der Waals surface area contributed by atoms with E-state index in [-0.39, 0.29) is 0 Å². The van der Waals surface area contributed by atoms with E-state index in [0.717, 1.165) is 23.5 Å². The van der Waals surface area contributed by atoms with Gasteiger partial charge in [-0.15, -0.1) is 0 Å². The van der Waals surface area contributed by atoms with Crippen LogP contribution in [0.3, 0.4) is 0 Å². The highest BCUT2D eigenvalue weighted by Gasteiger charge is 2.38. The van der Waals surface area contributed by atoms with E-state index in [9.17, 15) is 0 Å². The first kappa shape index (κ1) is 12.5. The molecule has 0 amide bonds. The molecule has 0 spiro atoms. The molecule has 3 aliphatic rings. The molecular formula is C19H24O. The predicted octanol–water partition coefficient (Wildman–Crippen LogP) is 4.85. The van der Waals surface area contributed by atoms with Gasteiger partial charge in [-0.05, 0) is 78.7 Å². The zero-order valence-corrected chi connectivity index (χ0v) is 12.4. The number of benzene rings is 1. The van der Waals surface area contributed by atoms with Crippen LogP contribution in [0.2, 0.25) is 0 Å². The van der Waals surface area contributed by atoms with Crippen molar-refractivity contribution in [3.63, 3.8) is 0 Å². The number of hydrogen-bond donors (Lipinski definition) is 0. The Balaban J connectivity index is 1.72. The van der Waals surface area contributed by atoms with Gasteiger partial charge in [-0.2, -0.15) is 0 Å². The third-order valence-electron chi connectivity index (χ3n) is 5.87. The SMILES string of the molecule is COc1ccc2c(c1)CCC1C2=CCC2CCCCC21. The molecule has 20 heavy (non-hydrogen) atoms. The number of fused-ring (bicyclic) bond motifs is 5. The van der Waals surface area contributed by atoms with Crippen molar-refractivity contribution in [2.75, 3.05) is 7.11 Å². The lowest BCUT2D eigenvalue weighted by Gasteiger charge is -2.44. The van der Waals surface area contributed by atoms with Crippen molar-refractivity contribution in [3.8, 4) is 5.75 Å². The van der Waals surface area contributed by atoms with Gasteiger partial charge in [-0.25, -0.2) is 0 Å². The molecule has 1 aromatic rings. The summed E-state index contributed by atoms with van der Waals surface area (Å²) < 4.78 is 5.38. The number of hydrogen-bond acceptors (Lipinski definition) is 1. The van der Waals surface area contributed by atoms with E-state index in [4.69, 9.17) is 4.74 Å². The van der Waals surface area contributed by atoms with Crippen LogP contribution in [0.25, 0.3) is 5.57 Å². The summed E-state index contributed by atoms with van der Waals surface area (Å²) in [6, 6.07) is 6.68. The number of methoxy groups -OCH3 is 1. The summed E-state index contributed by atoms with van der Waals surface area (Å²) in [6.45, 7) is 0. The normalized spacial score (nSPS) is 31.6. The molecule has 0 aromatic heterocycles. The molecule has 0 saturated heterocycles. The third-order valence-corrected chi connectivity index (χ3v) is 5.87. The smallest absolute Gasteiger partial charge is 0.119 e. The molecule has 0 radical (unpaired) electrons. The molecule has 1 fully saturated rings. The molecule has 1 nitrogen and oxygen atoms in total. The van der Waals surface area contributed by atoms with Gasteiger partial charge in [-0.1, -0.05) is 25.0 Å². The van der Waals surface area contributed by atoms with Crippen LogP contribution in [0.15, 0.2) is 24.3 Å². The molecule has 0 bridgehead atoms. The van der Waals surface area contributed by atoms with E-state index in [0.29, 0.717) is 0 Å². The molecule has 0 aliphatic heterocycles. The van der Waals surface area contributed by atoms with Crippen molar-refractivity contribution in [2.24, 2.45) is 17.8 Å². The summed E-state index contributed by atoms with van der Waals surface area (Å²) in [4.78, 5) is 0. The Kier molecular flexibility index (Phi) is 3.09. The lowest BCUT2D eigenvalue weighted by Crippen LogP contribution is -2.33. The predicted molar refractivity (Wildman–Crippen MR) is 82.8 cm³/mol. The number of aryl methyl sites for hydroxylation is 1. The summed E-state index contributed by atoms with van der Waals surface area (Å²) in [6.07, 6.45) is 12.3. The minimum absolute atomic E-state index is 0.843. The highest BCUT2D eigenvalue weighted by Crippen LogP contribution is 2.51. The Morgan fingerprint density at radius 3 is 2.90 bits per heavy atom. The zero-order valence-electron chi connectivity index (χ0n) is 12.4. The van der Waals surface area contributed by atoms with Crippen molar-refractivity contribution in [2.45, 2.75) is 44.9 Å². The second kappa shape index (κ2) is 4.95. The molecular weight excluding hydrogens is 244 g/mol. The van der Waals surface area contributed by atoms with Crippen LogP contribution in [0.1, 0.15) is 49.7 Å². The molecule has 106 valence electrons. The van der Waals surface area contributed by atoms with E-state index in [1.165, 1.54) is 56.1 Å². The minimum Gasteiger partial charge on any atom is -0.497 e. The standard InChI is InChI=1S/C19H24O/c1-20-15-8-11-17-14(12-15)7-10-18-16-5-3-2-4-13(16)6-9-19(17)18/h8-9,11-13,16,18H,2-7,10H2,1H3. The second-order valence-corrected chi connectivity index (χ2v) is 6.77. The van der Waals surface area contributed by atoms with Gasteiger partial charge in [0.15, 0.2) is 0 Å². The molecule has 3 aliphatic carbocycles. The Labute approximate surface area is 122 Å². The fourth-order valence-corrected chi connectivity index (χ4v) is 4.89. The lowest BCUT2D eigenvalue weighted by atomic mass is 9.61. The summed E-state index contributed by atoms with van der Waals surface area (Å²) in [5.74, 6) is 3.81. The molecule has 3 unspecified atom stereocenters. The van der Waals surface area contributed by atoms with E-state index in [2.05, 4.69) is 24.3 Å². The third kappa shape index (κ3) is 1.90. The summed E-state index contributed by atoms with van der Waals surface area (Å²) in [7, 11) is 1.76. The van der Waals surface area contributed by atoms with Crippen LogP contribution in [0, 0.1) is 17.8 Å². The van der Waals surface area contributed by atoms with Crippen molar-refractivity contribution in [3.05, 3.63) is 35.4 Å². The molecule has 0 heterocycles. The van der Waals surface area contributed by atoms with E-state index in [1.54, 1.807) is 12.7 Å². The molecule has 0 N–H and O–H groups in total. The van der Waals surface area contributed by atoms with Crippen LogP contribution in [-0.2, 0) is 6.42 Å². The van der Waals surface area contributed by atoms with E-state index in [1.807, 2.05) is 0 Å². The van der Waals surface area contributed by atoms with Crippen LogP contribution >= 0.6 is 0 Å². The quantitative estimate of drug-likeness (QED) is 0.707. The molecule has 3 atom stereocenters. The fourth-order valence-electron chi connectivity index (χ4n) is 4.89. The Bertz CT molecular complexity index is 543. The Morgan fingerprint density at radius 1 is 1.10 bits per heavy atom.